The topological polar surface area (TPSA) is 89.8 Å². The number of aromatic nitrogens is 4. The Kier molecular flexibility index (Phi) is 5.39. The highest BCUT2D eigenvalue weighted by molar-refractivity contribution is 5.97. The number of benzene rings is 2. The van der Waals surface area contributed by atoms with E-state index >= 15 is 0 Å². The van der Waals surface area contributed by atoms with Crippen molar-refractivity contribution < 1.29 is 27.2 Å². The number of carbonyl (C=O) groups excluding carboxylic acids is 2. The number of tetrazole rings is 1. The minimum absolute atomic E-state index is 0.0735. The lowest BCUT2D eigenvalue weighted by molar-refractivity contribution is -0.137. The van der Waals surface area contributed by atoms with Crippen molar-refractivity contribution in [3.05, 3.63) is 59.4 Å². The molecule has 3 rings (SSSR count). The monoisotopic (exact) mass is 407 g/mol. The SMILES string of the molecule is CC(=O)Nc1ccc(C(=O)Cn2nnc(-c3cccc(C(F)(F)F)c3)n2)c(F)c1. The standard InChI is InChI=1S/C18H13F4N5O2/c1-10(28)23-13-5-6-14(15(19)8-13)16(29)9-27-25-17(24-26-27)11-3-2-4-12(7-11)18(20,21)22/h2-8H,9H2,1H3,(H,23,28). The first kappa shape index (κ1) is 20.1. The van der Waals surface area contributed by atoms with Gasteiger partial charge in [0.05, 0.1) is 11.1 Å². The highest BCUT2D eigenvalue weighted by atomic mass is 19.4. The van der Waals surface area contributed by atoms with Gasteiger partial charge < -0.3 is 5.32 Å². The van der Waals surface area contributed by atoms with Gasteiger partial charge in [-0.25, -0.2) is 4.39 Å². The van der Waals surface area contributed by atoms with Gasteiger partial charge in [0.1, 0.15) is 12.4 Å². The summed E-state index contributed by atoms with van der Waals surface area (Å²) >= 11 is 0. The number of hydrogen-bond donors (Lipinski definition) is 1. The summed E-state index contributed by atoms with van der Waals surface area (Å²) in [5, 5.41) is 13.5. The minimum Gasteiger partial charge on any atom is -0.326 e. The number of anilines is 1. The number of rotatable bonds is 5. The Morgan fingerprint density at radius 3 is 2.55 bits per heavy atom. The van der Waals surface area contributed by atoms with Gasteiger partial charge in [-0.2, -0.15) is 18.0 Å². The third-order valence-electron chi connectivity index (χ3n) is 3.78. The van der Waals surface area contributed by atoms with Crippen LogP contribution >= 0.6 is 0 Å². The number of ketones is 1. The van der Waals surface area contributed by atoms with Gasteiger partial charge in [-0.3, -0.25) is 9.59 Å². The van der Waals surface area contributed by atoms with Gasteiger partial charge >= 0.3 is 6.18 Å². The highest BCUT2D eigenvalue weighted by Gasteiger charge is 2.30. The molecule has 3 aromatic rings. The molecule has 0 aliphatic rings. The summed E-state index contributed by atoms with van der Waals surface area (Å²) in [7, 11) is 0. The van der Waals surface area contributed by atoms with Crippen LogP contribution in [0.4, 0.5) is 23.2 Å². The molecular weight excluding hydrogens is 394 g/mol. The largest absolute Gasteiger partial charge is 0.416 e. The van der Waals surface area contributed by atoms with Gasteiger partial charge in [0.15, 0.2) is 5.78 Å². The molecule has 0 saturated heterocycles. The minimum atomic E-state index is -4.52. The molecule has 1 amide bonds. The van der Waals surface area contributed by atoms with Crippen molar-refractivity contribution >= 4 is 17.4 Å². The third kappa shape index (κ3) is 4.81. The van der Waals surface area contributed by atoms with Crippen molar-refractivity contribution in [1.29, 1.82) is 0 Å². The molecule has 7 nitrogen and oxygen atoms in total. The number of nitrogens with zero attached hydrogens (tertiary/aromatic N) is 4. The molecule has 2 aromatic carbocycles. The highest BCUT2D eigenvalue weighted by Crippen LogP contribution is 2.31. The lowest BCUT2D eigenvalue weighted by Crippen LogP contribution is -2.15. The first-order valence-corrected chi connectivity index (χ1v) is 8.19. The van der Waals surface area contributed by atoms with Gasteiger partial charge in [0.25, 0.3) is 0 Å². The van der Waals surface area contributed by atoms with Crippen molar-refractivity contribution in [3.8, 4) is 11.4 Å². The Labute approximate surface area is 161 Å². The van der Waals surface area contributed by atoms with Crippen LogP contribution in [0.5, 0.6) is 0 Å². The van der Waals surface area contributed by atoms with Crippen molar-refractivity contribution in [2.45, 2.75) is 19.6 Å². The molecule has 0 unspecified atom stereocenters. The quantitative estimate of drug-likeness (QED) is 0.518. The Bertz CT molecular complexity index is 1080. The average molecular weight is 407 g/mol. The summed E-state index contributed by atoms with van der Waals surface area (Å²) in [6.07, 6.45) is -4.52. The summed E-state index contributed by atoms with van der Waals surface area (Å²) in [4.78, 5) is 24.1. The molecule has 1 N–H and O–H groups in total. The van der Waals surface area contributed by atoms with Gasteiger partial charge in [0.2, 0.25) is 11.7 Å². The Morgan fingerprint density at radius 1 is 1.14 bits per heavy atom. The summed E-state index contributed by atoms with van der Waals surface area (Å²) in [5.41, 5.74) is -0.859. The second-order valence-corrected chi connectivity index (χ2v) is 6.02. The van der Waals surface area contributed by atoms with E-state index in [-0.39, 0.29) is 22.6 Å². The summed E-state index contributed by atoms with van der Waals surface area (Å²) in [6.45, 7) is 0.789. The van der Waals surface area contributed by atoms with Crippen LogP contribution in [0.3, 0.4) is 0 Å². The predicted octanol–water partition coefficient (Wildman–Crippen LogP) is 3.34. The fraction of sp³-hybridized carbons (Fsp3) is 0.167. The second-order valence-electron chi connectivity index (χ2n) is 6.02. The van der Waals surface area contributed by atoms with E-state index in [1.165, 1.54) is 31.2 Å². The van der Waals surface area contributed by atoms with Gasteiger partial charge in [0, 0.05) is 18.2 Å². The fourth-order valence-electron chi connectivity index (χ4n) is 2.50. The normalized spacial score (nSPS) is 11.3. The molecule has 0 atom stereocenters. The number of hydrogen-bond acceptors (Lipinski definition) is 5. The zero-order valence-electron chi connectivity index (χ0n) is 14.9. The van der Waals surface area contributed by atoms with Crippen LogP contribution in [-0.4, -0.2) is 31.9 Å². The van der Waals surface area contributed by atoms with Crippen LogP contribution in [0.2, 0.25) is 0 Å². The zero-order valence-corrected chi connectivity index (χ0v) is 14.9. The van der Waals surface area contributed by atoms with E-state index in [1.54, 1.807) is 0 Å². The van der Waals surface area contributed by atoms with Crippen LogP contribution in [0.15, 0.2) is 42.5 Å². The molecule has 0 spiro atoms. The maximum atomic E-state index is 14.1. The first-order chi connectivity index (χ1) is 13.6. The number of alkyl halides is 3. The van der Waals surface area contributed by atoms with Crippen molar-refractivity contribution in [1.82, 2.24) is 20.2 Å². The molecule has 1 heterocycles. The number of amides is 1. The van der Waals surface area contributed by atoms with Crippen molar-refractivity contribution in [2.75, 3.05) is 5.32 Å². The molecule has 150 valence electrons. The van der Waals surface area contributed by atoms with E-state index in [4.69, 9.17) is 0 Å². The van der Waals surface area contributed by atoms with Crippen molar-refractivity contribution in [3.63, 3.8) is 0 Å². The maximum absolute atomic E-state index is 14.1. The van der Waals surface area contributed by atoms with Crippen molar-refractivity contribution in [2.24, 2.45) is 0 Å². The number of halogens is 4. The van der Waals surface area contributed by atoms with Crippen LogP contribution in [-0.2, 0) is 17.5 Å². The maximum Gasteiger partial charge on any atom is 0.416 e. The van der Waals surface area contributed by atoms with E-state index in [1.807, 2.05) is 0 Å². The van der Waals surface area contributed by atoms with E-state index in [0.717, 1.165) is 23.0 Å². The van der Waals surface area contributed by atoms with Crippen LogP contribution < -0.4 is 5.32 Å². The molecule has 0 fully saturated rings. The summed E-state index contributed by atoms with van der Waals surface area (Å²) < 4.78 is 52.6. The zero-order chi connectivity index (χ0) is 21.2. The van der Waals surface area contributed by atoms with E-state index in [9.17, 15) is 27.2 Å². The molecule has 1 aromatic heterocycles. The Morgan fingerprint density at radius 2 is 1.90 bits per heavy atom. The van der Waals surface area contributed by atoms with Gasteiger partial charge in [-0.05, 0) is 35.5 Å². The number of carbonyl (C=O) groups is 2. The molecule has 0 saturated carbocycles. The average Bonchev–Trinajstić information content (AvgIpc) is 3.09. The van der Waals surface area contributed by atoms with E-state index in [0.29, 0.717) is 0 Å². The molecule has 0 bridgehead atoms. The summed E-state index contributed by atoms with van der Waals surface area (Å²) in [5.74, 6) is -2.02. The third-order valence-corrected chi connectivity index (χ3v) is 3.78. The first-order valence-electron chi connectivity index (χ1n) is 8.19. The van der Waals surface area contributed by atoms with Gasteiger partial charge in [-0.1, -0.05) is 12.1 Å². The van der Waals surface area contributed by atoms with Crippen LogP contribution in [0.1, 0.15) is 22.8 Å². The molecule has 11 heteroatoms. The lowest BCUT2D eigenvalue weighted by Gasteiger charge is -2.06. The molecule has 0 radical (unpaired) electrons. The van der Waals surface area contributed by atoms with Gasteiger partial charge in [-0.15, -0.1) is 10.2 Å². The molecule has 29 heavy (non-hydrogen) atoms. The number of nitrogens with one attached hydrogen (secondary N) is 1. The molecule has 0 aliphatic carbocycles. The summed E-state index contributed by atoms with van der Waals surface area (Å²) in [6, 6.07) is 7.91. The van der Waals surface area contributed by atoms with Crippen LogP contribution in [0, 0.1) is 5.82 Å². The predicted molar refractivity (Wildman–Crippen MR) is 93.3 cm³/mol. The van der Waals surface area contributed by atoms with E-state index in [2.05, 4.69) is 20.7 Å². The number of Topliss-reactive ketones (excluding diaryl/α,β-unsaturated/α-hetero) is 1. The molecular formula is C18H13F4N5O2. The lowest BCUT2D eigenvalue weighted by atomic mass is 10.1. The van der Waals surface area contributed by atoms with Crippen LogP contribution in [0.25, 0.3) is 11.4 Å². The molecule has 0 aliphatic heterocycles. The fourth-order valence-corrected chi connectivity index (χ4v) is 2.50. The Hall–Kier alpha value is -3.63. The second kappa shape index (κ2) is 7.78. The Balaban J connectivity index is 1.77. The van der Waals surface area contributed by atoms with E-state index < -0.39 is 35.8 Å². The smallest absolute Gasteiger partial charge is 0.326 e.